The number of anilines is 2. The van der Waals surface area contributed by atoms with Gasteiger partial charge in [-0.2, -0.15) is 0 Å². The topological polar surface area (TPSA) is 68.1 Å². The van der Waals surface area contributed by atoms with Crippen molar-refractivity contribution >= 4 is 49.2 Å². The van der Waals surface area contributed by atoms with Gasteiger partial charge in [-0.15, -0.1) is 0 Å². The molecule has 0 aliphatic heterocycles. The molecule has 6 nitrogen and oxygen atoms in total. The SMILES string of the molecule is Cc1cc(C)cc(N(C(=O)CCn2cnc3c(C)cccc3c2=O)c2nc3ccccc3s2)c1. The number of carbonyl (C=O) groups excluding carboxylic acids is 1. The number of thiazole rings is 1. The molecule has 2 heterocycles. The molecule has 0 spiro atoms. The molecular weight excluding hydrogens is 444 g/mol. The van der Waals surface area contributed by atoms with Crippen molar-refractivity contribution in [1.82, 2.24) is 14.5 Å². The standard InChI is InChI=1S/C27H24N4O2S/c1-17-13-18(2)15-20(14-17)31(27-29-22-9-4-5-10-23(22)34-27)24(32)11-12-30-16-28-25-19(3)7-6-8-21(25)26(30)33/h4-10,13-16H,11-12H2,1-3H3. The normalized spacial score (nSPS) is 11.3. The Kier molecular flexibility index (Phi) is 5.71. The number of aromatic nitrogens is 3. The molecular formula is C27H24N4O2S. The Balaban J connectivity index is 1.50. The maximum atomic E-state index is 13.6. The molecule has 0 N–H and O–H groups in total. The lowest BCUT2D eigenvalue weighted by molar-refractivity contribution is -0.118. The van der Waals surface area contributed by atoms with E-state index >= 15 is 0 Å². The fourth-order valence-electron chi connectivity index (χ4n) is 4.22. The van der Waals surface area contributed by atoms with Gasteiger partial charge < -0.3 is 0 Å². The summed E-state index contributed by atoms with van der Waals surface area (Å²) in [4.78, 5) is 37.5. The van der Waals surface area contributed by atoms with Gasteiger partial charge in [0.1, 0.15) is 0 Å². The molecule has 0 aliphatic carbocycles. The molecule has 3 aromatic carbocycles. The molecule has 7 heteroatoms. The highest BCUT2D eigenvalue weighted by molar-refractivity contribution is 7.22. The maximum absolute atomic E-state index is 13.6. The van der Waals surface area contributed by atoms with Gasteiger partial charge in [0, 0.05) is 13.0 Å². The number of fused-ring (bicyclic) bond motifs is 2. The van der Waals surface area contributed by atoms with E-state index in [9.17, 15) is 9.59 Å². The number of benzene rings is 3. The first kappa shape index (κ1) is 22.0. The van der Waals surface area contributed by atoms with Crippen LogP contribution < -0.4 is 10.5 Å². The monoisotopic (exact) mass is 468 g/mol. The van der Waals surface area contributed by atoms with Crippen LogP contribution in [0.3, 0.4) is 0 Å². The number of aryl methyl sites for hydroxylation is 4. The van der Waals surface area contributed by atoms with Crippen LogP contribution in [-0.4, -0.2) is 20.4 Å². The quantitative estimate of drug-likeness (QED) is 0.332. The average Bonchev–Trinajstić information content (AvgIpc) is 3.22. The van der Waals surface area contributed by atoms with Gasteiger partial charge in [-0.25, -0.2) is 9.97 Å². The van der Waals surface area contributed by atoms with Gasteiger partial charge in [-0.3, -0.25) is 19.1 Å². The van der Waals surface area contributed by atoms with E-state index in [0.29, 0.717) is 16.0 Å². The first-order valence-corrected chi connectivity index (χ1v) is 11.9. The smallest absolute Gasteiger partial charge is 0.261 e. The molecule has 0 fully saturated rings. The molecule has 2 aromatic heterocycles. The van der Waals surface area contributed by atoms with Crippen molar-refractivity contribution in [2.75, 3.05) is 4.90 Å². The van der Waals surface area contributed by atoms with Crippen molar-refractivity contribution in [1.29, 1.82) is 0 Å². The van der Waals surface area contributed by atoms with Crippen LogP contribution in [0.5, 0.6) is 0 Å². The van der Waals surface area contributed by atoms with E-state index in [2.05, 4.69) is 11.1 Å². The highest BCUT2D eigenvalue weighted by atomic mass is 32.1. The van der Waals surface area contributed by atoms with E-state index in [0.717, 1.165) is 32.6 Å². The Bertz CT molecular complexity index is 1550. The summed E-state index contributed by atoms with van der Waals surface area (Å²) in [5.41, 5.74) is 5.28. The van der Waals surface area contributed by atoms with Crippen LogP contribution in [-0.2, 0) is 11.3 Å². The van der Waals surface area contributed by atoms with Crippen LogP contribution in [0.1, 0.15) is 23.1 Å². The summed E-state index contributed by atoms with van der Waals surface area (Å²) in [6.07, 6.45) is 1.67. The zero-order chi connectivity index (χ0) is 23.8. The van der Waals surface area contributed by atoms with Gasteiger partial charge in [0.15, 0.2) is 5.13 Å². The third-order valence-corrected chi connectivity index (χ3v) is 6.83. The van der Waals surface area contributed by atoms with Crippen LogP contribution in [0.25, 0.3) is 21.1 Å². The first-order chi connectivity index (χ1) is 16.4. The third-order valence-electron chi connectivity index (χ3n) is 5.81. The minimum atomic E-state index is -0.139. The summed E-state index contributed by atoms with van der Waals surface area (Å²) in [7, 11) is 0. The van der Waals surface area contributed by atoms with Gasteiger partial charge in [0.25, 0.3) is 5.56 Å². The number of hydrogen-bond acceptors (Lipinski definition) is 5. The molecule has 34 heavy (non-hydrogen) atoms. The average molecular weight is 469 g/mol. The minimum Gasteiger partial charge on any atom is -0.298 e. The molecule has 0 atom stereocenters. The summed E-state index contributed by atoms with van der Waals surface area (Å²) in [5, 5.41) is 1.18. The second kappa shape index (κ2) is 8.83. The number of amides is 1. The largest absolute Gasteiger partial charge is 0.298 e. The fraction of sp³-hybridized carbons (Fsp3) is 0.185. The van der Waals surface area contributed by atoms with Crippen molar-refractivity contribution in [2.24, 2.45) is 0 Å². The Morgan fingerprint density at radius 1 is 1.00 bits per heavy atom. The number of carbonyl (C=O) groups is 1. The maximum Gasteiger partial charge on any atom is 0.261 e. The van der Waals surface area contributed by atoms with Gasteiger partial charge in [-0.1, -0.05) is 41.7 Å². The molecule has 0 unspecified atom stereocenters. The molecule has 170 valence electrons. The second-order valence-corrected chi connectivity index (χ2v) is 9.51. The zero-order valence-electron chi connectivity index (χ0n) is 19.3. The van der Waals surface area contributed by atoms with Gasteiger partial charge in [0.05, 0.1) is 33.1 Å². The van der Waals surface area contributed by atoms with E-state index in [4.69, 9.17) is 4.98 Å². The summed E-state index contributed by atoms with van der Waals surface area (Å²) in [6, 6.07) is 19.5. The van der Waals surface area contributed by atoms with Gasteiger partial charge in [-0.05, 0) is 67.8 Å². The van der Waals surface area contributed by atoms with Crippen LogP contribution in [0.4, 0.5) is 10.8 Å². The van der Waals surface area contributed by atoms with Crippen LogP contribution in [0, 0.1) is 20.8 Å². The molecule has 0 radical (unpaired) electrons. The minimum absolute atomic E-state index is 0.125. The molecule has 0 bridgehead atoms. The summed E-state index contributed by atoms with van der Waals surface area (Å²) >= 11 is 1.48. The molecule has 5 rings (SSSR count). The number of nitrogens with zero attached hydrogens (tertiary/aromatic N) is 4. The predicted octanol–water partition coefficient (Wildman–Crippen LogP) is 5.69. The van der Waals surface area contributed by atoms with Crippen molar-refractivity contribution in [2.45, 2.75) is 33.7 Å². The molecule has 5 aromatic rings. The van der Waals surface area contributed by atoms with E-state index in [-0.39, 0.29) is 24.4 Å². The molecule has 0 saturated carbocycles. The zero-order valence-corrected chi connectivity index (χ0v) is 20.1. The highest BCUT2D eigenvalue weighted by Crippen LogP contribution is 2.34. The van der Waals surface area contributed by atoms with Crippen molar-refractivity contribution in [3.8, 4) is 0 Å². The van der Waals surface area contributed by atoms with E-state index in [1.807, 2.05) is 69.3 Å². The lowest BCUT2D eigenvalue weighted by atomic mass is 10.1. The lowest BCUT2D eigenvalue weighted by Crippen LogP contribution is -2.29. The van der Waals surface area contributed by atoms with Crippen molar-refractivity contribution in [3.05, 3.63) is 94.0 Å². The van der Waals surface area contributed by atoms with Crippen LogP contribution in [0.2, 0.25) is 0 Å². The number of hydrogen-bond donors (Lipinski definition) is 0. The van der Waals surface area contributed by atoms with E-state index < -0.39 is 0 Å². The molecule has 1 amide bonds. The molecule has 0 aliphatic rings. The summed E-state index contributed by atoms with van der Waals surface area (Å²) in [6.45, 7) is 6.20. The second-order valence-electron chi connectivity index (χ2n) is 8.50. The van der Waals surface area contributed by atoms with Gasteiger partial charge in [0.2, 0.25) is 5.91 Å². The van der Waals surface area contributed by atoms with Gasteiger partial charge >= 0.3 is 0 Å². The number of para-hydroxylation sites is 2. The van der Waals surface area contributed by atoms with E-state index in [1.54, 1.807) is 11.0 Å². The van der Waals surface area contributed by atoms with Crippen LogP contribution in [0.15, 0.2) is 71.8 Å². The highest BCUT2D eigenvalue weighted by Gasteiger charge is 2.22. The summed E-state index contributed by atoms with van der Waals surface area (Å²) < 4.78 is 2.53. The Morgan fingerprint density at radius 2 is 1.76 bits per heavy atom. The Labute approximate surface area is 201 Å². The lowest BCUT2D eigenvalue weighted by Gasteiger charge is -2.21. The predicted molar refractivity (Wildman–Crippen MR) is 138 cm³/mol. The van der Waals surface area contributed by atoms with Crippen molar-refractivity contribution < 1.29 is 4.79 Å². The summed E-state index contributed by atoms with van der Waals surface area (Å²) in [5.74, 6) is -0.125. The Hall–Kier alpha value is -3.84. The first-order valence-electron chi connectivity index (χ1n) is 11.1. The van der Waals surface area contributed by atoms with E-state index in [1.165, 1.54) is 22.2 Å². The number of rotatable bonds is 5. The Morgan fingerprint density at radius 3 is 2.53 bits per heavy atom. The van der Waals surface area contributed by atoms with Crippen LogP contribution >= 0.6 is 11.3 Å². The third kappa shape index (κ3) is 4.10. The fourth-order valence-corrected chi connectivity index (χ4v) is 5.23. The molecule has 0 saturated heterocycles. The van der Waals surface area contributed by atoms with Crippen molar-refractivity contribution in [3.63, 3.8) is 0 Å².